The molecule has 16 heavy (non-hydrogen) atoms. The van der Waals surface area contributed by atoms with Crippen LogP contribution in [0.4, 0.5) is 0 Å². The number of alkyl halides is 1. The van der Waals surface area contributed by atoms with E-state index in [2.05, 4.69) is 0 Å². The fourth-order valence-electron chi connectivity index (χ4n) is 1.35. The summed E-state index contributed by atoms with van der Waals surface area (Å²) in [6, 6.07) is 3.63. The van der Waals surface area contributed by atoms with Crippen molar-refractivity contribution in [1.29, 1.82) is 0 Å². The van der Waals surface area contributed by atoms with Crippen molar-refractivity contribution >= 4 is 17.7 Å². The van der Waals surface area contributed by atoms with Gasteiger partial charge in [-0.1, -0.05) is 12.2 Å². The first-order valence-electron chi connectivity index (χ1n) is 4.79. The molecule has 0 aliphatic rings. The van der Waals surface area contributed by atoms with Crippen molar-refractivity contribution in [3.05, 3.63) is 23.8 Å². The molecule has 0 saturated heterocycles. The first kappa shape index (κ1) is 12.7. The highest BCUT2D eigenvalue weighted by Gasteiger charge is 2.09. The number of halogens is 1. The maximum absolute atomic E-state index is 5.60. The molecule has 0 amide bonds. The SMILES string of the molecule is COc1cc(OC)c(OC)cc1C=CCCl. The fourth-order valence-corrected chi connectivity index (χ4v) is 1.44. The van der Waals surface area contributed by atoms with Gasteiger partial charge in [-0.2, -0.15) is 0 Å². The Labute approximate surface area is 101 Å². The molecule has 0 radical (unpaired) electrons. The molecule has 0 atom stereocenters. The summed E-state index contributed by atoms with van der Waals surface area (Å²) in [6.45, 7) is 0. The Bertz CT molecular complexity index is 375. The second kappa shape index (κ2) is 6.28. The number of hydrogen-bond donors (Lipinski definition) is 0. The second-order valence-electron chi connectivity index (χ2n) is 3.01. The van der Waals surface area contributed by atoms with Gasteiger partial charge in [0.1, 0.15) is 5.75 Å². The van der Waals surface area contributed by atoms with E-state index < -0.39 is 0 Å². The Kier molecular flexibility index (Phi) is 4.99. The van der Waals surface area contributed by atoms with Gasteiger partial charge < -0.3 is 14.2 Å². The third-order valence-corrected chi connectivity index (χ3v) is 2.30. The molecule has 0 aliphatic carbocycles. The lowest BCUT2D eigenvalue weighted by Gasteiger charge is -2.11. The lowest BCUT2D eigenvalue weighted by molar-refractivity contribution is 0.348. The van der Waals surface area contributed by atoms with E-state index in [9.17, 15) is 0 Å². The van der Waals surface area contributed by atoms with Crippen LogP contribution in [0, 0.1) is 0 Å². The quantitative estimate of drug-likeness (QED) is 0.743. The number of allylic oxidation sites excluding steroid dienone is 1. The van der Waals surface area contributed by atoms with Crippen LogP contribution in [0.1, 0.15) is 5.56 Å². The molecule has 0 N–H and O–H groups in total. The van der Waals surface area contributed by atoms with E-state index in [1.54, 1.807) is 27.4 Å². The lowest BCUT2D eigenvalue weighted by atomic mass is 10.1. The van der Waals surface area contributed by atoms with Gasteiger partial charge in [-0.3, -0.25) is 0 Å². The van der Waals surface area contributed by atoms with E-state index in [1.165, 1.54) is 0 Å². The molecule has 0 aromatic heterocycles. The van der Waals surface area contributed by atoms with Gasteiger partial charge in [0.25, 0.3) is 0 Å². The number of rotatable bonds is 5. The molecule has 3 nitrogen and oxygen atoms in total. The summed E-state index contributed by atoms with van der Waals surface area (Å²) in [5, 5.41) is 0. The third kappa shape index (κ3) is 2.83. The molecule has 0 spiro atoms. The second-order valence-corrected chi connectivity index (χ2v) is 3.31. The molecule has 0 heterocycles. The Morgan fingerprint density at radius 1 is 1.00 bits per heavy atom. The smallest absolute Gasteiger partial charge is 0.164 e. The van der Waals surface area contributed by atoms with Crippen molar-refractivity contribution in [2.45, 2.75) is 0 Å². The van der Waals surface area contributed by atoms with Gasteiger partial charge in [0.05, 0.1) is 21.3 Å². The average molecular weight is 243 g/mol. The molecule has 1 aromatic carbocycles. The van der Waals surface area contributed by atoms with Crippen LogP contribution in [-0.4, -0.2) is 27.2 Å². The number of methoxy groups -OCH3 is 3. The van der Waals surface area contributed by atoms with Gasteiger partial charge in [-0.25, -0.2) is 0 Å². The van der Waals surface area contributed by atoms with Crippen LogP contribution < -0.4 is 14.2 Å². The minimum atomic E-state index is 0.456. The van der Waals surface area contributed by atoms with E-state index in [0.29, 0.717) is 17.4 Å². The number of ether oxygens (including phenoxy) is 3. The molecule has 0 fully saturated rings. The molecular weight excluding hydrogens is 228 g/mol. The van der Waals surface area contributed by atoms with Gasteiger partial charge in [-0.05, 0) is 6.07 Å². The molecule has 4 heteroatoms. The predicted molar refractivity (Wildman–Crippen MR) is 65.9 cm³/mol. The van der Waals surface area contributed by atoms with Gasteiger partial charge in [0.2, 0.25) is 0 Å². The summed E-state index contributed by atoms with van der Waals surface area (Å²) >= 11 is 5.60. The summed E-state index contributed by atoms with van der Waals surface area (Å²) in [4.78, 5) is 0. The topological polar surface area (TPSA) is 27.7 Å². The van der Waals surface area contributed by atoms with E-state index in [4.69, 9.17) is 25.8 Å². The monoisotopic (exact) mass is 242 g/mol. The van der Waals surface area contributed by atoms with Gasteiger partial charge >= 0.3 is 0 Å². The van der Waals surface area contributed by atoms with Crippen molar-refractivity contribution in [3.8, 4) is 17.2 Å². The van der Waals surface area contributed by atoms with Crippen LogP contribution in [0.2, 0.25) is 0 Å². The van der Waals surface area contributed by atoms with Gasteiger partial charge in [-0.15, -0.1) is 11.6 Å². The van der Waals surface area contributed by atoms with Crippen LogP contribution in [0.3, 0.4) is 0 Å². The first-order chi connectivity index (χ1) is 7.76. The van der Waals surface area contributed by atoms with Crippen LogP contribution >= 0.6 is 11.6 Å². The van der Waals surface area contributed by atoms with E-state index >= 15 is 0 Å². The number of benzene rings is 1. The van der Waals surface area contributed by atoms with Crippen LogP contribution in [0.15, 0.2) is 18.2 Å². The minimum Gasteiger partial charge on any atom is -0.496 e. The molecule has 88 valence electrons. The Morgan fingerprint density at radius 3 is 2.06 bits per heavy atom. The van der Waals surface area contributed by atoms with Crippen LogP contribution in [-0.2, 0) is 0 Å². The summed E-state index contributed by atoms with van der Waals surface area (Å²) in [5.41, 5.74) is 0.904. The van der Waals surface area contributed by atoms with Crippen molar-refractivity contribution in [1.82, 2.24) is 0 Å². The summed E-state index contributed by atoms with van der Waals surface area (Å²) in [7, 11) is 4.80. The molecule has 0 bridgehead atoms. The zero-order valence-corrected chi connectivity index (χ0v) is 10.4. The summed E-state index contributed by atoms with van der Waals surface area (Å²) < 4.78 is 15.6. The lowest BCUT2D eigenvalue weighted by Crippen LogP contribution is -1.94. The average Bonchev–Trinajstić information content (AvgIpc) is 2.35. The highest BCUT2D eigenvalue weighted by atomic mass is 35.5. The van der Waals surface area contributed by atoms with Gasteiger partial charge in [0, 0.05) is 17.5 Å². The molecule has 1 rings (SSSR count). The minimum absolute atomic E-state index is 0.456. The number of hydrogen-bond acceptors (Lipinski definition) is 3. The molecular formula is C12H15ClO3. The van der Waals surface area contributed by atoms with Crippen LogP contribution in [0.25, 0.3) is 6.08 Å². The standard InChI is InChI=1S/C12H15ClO3/c1-14-10-8-12(16-3)11(15-2)7-9(10)5-4-6-13/h4-5,7-8H,6H2,1-3H3. The molecule has 1 aromatic rings. The Hall–Kier alpha value is -1.35. The van der Waals surface area contributed by atoms with E-state index in [1.807, 2.05) is 18.2 Å². The van der Waals surface area contributed by atoms with Gasteiger partial charge in [0.15, 0.2) is 11.5 Å². The zero-order chi connectivity index (χ0) is 12.0. The highest BCUT2D eigenvalue weighted by molar-refractivity contribution is 6.19. The van der Waals surface area contributed by atoms with Crippen molar-refractivity contribution in [3.63, 3.8) is 0 Å². The Balaban J connectivity index is 3.20. The van der Waals surface area contributed by atoms with Crippen LogP contribution in [0.5, 0.6) is 17.2 Å². The maximum atomic E-state index is 5.60. The van der Waals surface area contributed by atoms with Crippen molar-refractivity contribution in [2.75, 3.05) is 27.2 Å². The van der Waals surface area contributed by atoms with E-state index in [-0.39, 0.29) is 0 Å². The first-order valence-corrected chi connectivity index (χ1v) is 5.32. The summed E-state index contributed by atoms with van der Waals surface area (Å²) in [6.07, 6.45) is 3.72. The zero-order valence-electron chi connectivity index (χ0n) is 9.62. The normalized spacial score (nSPS) is 10.5. The largest absolute Gasteiger partial charge is 0.496 e. The third-order valence-electron chi connectivity index (χ3n) is 2.12. The van der Waals surface area contributed by atoms with Crippen molar-refractivity contribution in [2.24, 2.45) is 0 Å². The molecule has 0 saturated carbocycles. The van der Waals surface area contributed by atoms with Crippen molar-refractivity contribution < 1.29 is 14.2 Å². The predicted octanol–water partition coefficient (Wildman–Crippen LogP) is 2.96. The molecule has 0 aliphatic heterocycles. The Morgan fingerprint density at radius 2 is 1.56 bits per heavy atom. The maximum Gasteiger partial charge on any atom is 0.164 e. The fraction of sp³-hybridized carbons (Fsp3) is 0.333. The molecule has 0 unspecified atom stereocenters. The summed E-state index contributed by atoms with van der Waals surface area (Å²) in [5.74, 6) is 2.48. The highest BCUT2D eigenvalue weighted by Crippen LogP contribution is 2.35. The van der Waals surface area contributed by atoms with E-state index in [0.717, 1.165) is 11.3 Å².